The van der Waals surface area contributed by atoms with Gasteiger partial charge in [-0.25, -0.2) is 9.78 Å². The summed E-state index contributed by atoms with van der Waals surface area (Å²) in [5, 5.41) is 6.05. The van der Waals surface area contributed by atoms with Crippen molar-refractivity contribution in [2.24, 2.45) is 0 Å². The van der Waals surface area contributed by atoms with Gasteiger partial charge in [0.15, 0.2) is 0 Å². The fraction of sp³-hybridized carbons (Fsp3) is 0.346. The van der Waals surface area contributed by atoms with Gasteiger partial charge in [0, 0.05) is 51.2 Å². The second kappa shape index (κ2) is 11.6. The maximum absolute atomic E-state index is 12.7. The number of amides is 2. The maximum atomic E-state index is 12.7. The van der Waals surface area contributed by atoms with Crippen molar-refractivity contribution in [3.63, 3.8) is 0 Å². The number of anilines is 5. The van der Waals surface area contributed by atoms with Gasteiger partial charge in [-0.1, -0.05) is 12.1 Å². The molecule has 0 spiro atoms. The molecule has 2 aromatic carbocycles. The molecule has 0 radical (unpaired) electrons. The first-order valence-corrected chi connectivity index (χ1v) is 12.5. The number of halogens is 3. The molecule has 0 saturated carbocycles. The molecule has 0 atom stereocenters. The number of nitrogens with zero attached hydrogens (tertiary/aromatic N) is 5. The first-order valence-electron chi connectivity index (χ1n) is 12.5. The van der Waals surface area contributed by atoms with E-state index in [1.807, 2.05) is 24.3 Å². The number of para-hydroxylation sites is 2. The van der Waals surface area contributed by atoms with E-state index >= 15 is 0 Å². The Morgan fingerprint density at radius 3 is 2.33 bits per heavy atom. The van der Waals surface area contributed by atoms with Crippen LogP contribution in [0, 0.1) is 0 Å². The number of ether oxygens (including phenoxy) is 2. The number of carbonyl (C=O) groups excluding carboxylic acids is 1. The molecule has 0 bridgehead atoms. The first kappa shape index (κ1) is 26.4. The molecular weight excluding hydrogens is 515 g/mol. The Balaban J connectivity index is 1.16. The number of carbonyl (C=O) groups is 1. The second-order valence-corrected chi connectivity index (χ2v) is 8.96. The lowest BCUT2D eigenvalue weighted by Gasteiger charge is -2.35. The fourth-order valence-corrected chi connectivity index (χ4v) is 4.45. The van der Waals surface area contributed by atoms with E-state index in [-0.39, 0.29) is 11.8 Å². The van der Waals surface area contributed by atoms with Crippen LogP contribution in [0.1, 0.15) is 0 Å². The molecule has 2 amide bonds. The third kappa shape index (κ3) is 6.99. The molecule has 39 heavy (non-hydrogen) atoms. The van der Waals surface area contributed by atoms with Crippen molar-refractivity contribution >= 4 is 34.9 Å². The average Bonchev–Trinajstić information content (AvgIpc) is 2.94. The molecule has 0 unspecified atom stereocenters. The summed E-state index contributed by atoms with van der Waals surface area (Å²) in [4.78, 5) is 27.8. The number of morpholine rings is 1. The highest BCUT2D eigenvalue weighted by molar-refractivity contribution is 5.89. The number of hydrogen-bond acceptors (Lipinski definition) is 8. The van der Waals surface area contributed by atoms with Gasteiger partial charge in [0.1, 0.15) is 11.6 Å². The molecule has 2 aliphatic rings. The standard InChI is InChI=1S/C26H28F3N7O3/c27-26(28,29)39-20-7-5-19(6-8-20)31-25(37)36-13-11-35(12-14-36)23-9-10-30-24(33-23)32-21-3-1-2-4-22(21)34-15-17-38-18-16-34/h1-10H,11-18H2,(H,31,37)(H,30,32,33). The molecule has 0 aliphatic carbocycles. The minimum absolute atomic E-state index is 0.330. The van der Waals surface area contributed by atoms with Crippen LogP contribution < -0.4 is 25.2 Å². The van der Waals surface area contributed by atoms with E-state index < -0.39 is 6.36 Å². The number of nitrogens with one attached hydrogen (secondary N) is 2. The zero-order chi connectivity index (χ0) is 27.2. The van der Waals surface area contributed by atoms with Crippen molar-refractivity contribution in [3.05, 3.63) is 60.8 Å². The number of piperazine rings is 1. The molecular formula is C26H28F3N7O3. The van der Waals surface area contributed by atoms with Crippen LogP contribution in [0.5, 0.6) is 5.75 Å². The van der Waals surface area contributed by atoms with Crippen LogP contribution in [0.3, 0.4) is 0 Å². The molecule has 3 aromatic rings. The summed E-state index contributed by atoms with van der Waals surface area (Å²) in [5.74, 6) is 0.875. The topological polar surface area (TPSA) is 95.1 Å². The van der Waals surface area contributed by atoms with Crippen LogP contribution in [-0.2, 0) is 4.74 Å². The van der Waals surface area contributed by atoms with Gasteiger partial charge in [-0.15, -0.1) is 13.2 Å². The van der Waals surface area contributed by atoms with Crippen LogP contribution in [0.4, 0.5) is 46.8 Å². The zero-order valence-electron chi connectivity index (χ0n) is 21.0. The van der Waals surface area contributed by atoms with Crippen LogP contribution in [0.15, 0.2) is 60.8 Å². The third-order valence-corrected chi connectivity index (χ3v) is 6.37. The lowest BCUT2D eigenvalue weighted by atomic mass is 10.2. The van der Waals surface area contributed by atoms with Gasteiger partial charge < -0.3 is 34.8 Å². The van der Waals surface area contributed by atoms with Crippen molar-refractivity contribution in [2.75, 3.05) is 72.9 Å². The van der Waals surface area contributed by atoms with Crippen molar-refractivity contribution in [2.45, 2.75) is 6.36 Å². The van der Waals surface area contributed by atoms with E-state index in [0.717, 1.165) is 42.4 Å². The van der Waals surface area contributed by atoms with Crippen LogP contribution in [0.2, 0.25) is 0 Å². The molecule has 2 saturated heterocycles. The summed E-state index contributed by atoms with van der Waals surface area (Å²) in [6, 6.07) is 14.6. The number of urea groups is 1. The Bertz CT molecular complexity index is 1260. The molecule has 2 N–H and O–H groups in total. The summed E-state index contributed by atoms with van der Waals surface area (Å²) in [7, 11) is 0. The molecule has 206 valence electrons. The van der Waals surface area contributed by atoms with Gasteiger partial charge in [0.2, 0.25) is 5.95 Å². The first-order chi connectivity index (χ1) is 18.8. The fourth-order valence-electron chi connectivity index (χ4n) is 4.45. The van der Waals surface area contributed by atoms with E-state index in [4.69, 9.17) is 9.72 Å². The highest BCUT2D eigenvalue weighted by Gasteiger charge is 2.31. The molecule has 2 aliphatic heterocycles. The number of hydrogen-bond donors (Lipinski definition) is 2. The number of rotatable bonds is 6. The average molecular weight is 544 g/mol. The SMILES string of the molecule is O=C(Nc1ccc(OC(F)(F)F)cc1)N1CCN(c2ccnc(Nc3ccccc3N3CCOCC3)n2)CC1. The van der Waals surface area contributed by atoms with E-state index in [1.165, 1.54) is 12.1 Å². The monoisotopic (exact) mass is 543 g/mol. The Labute approximate surface area is 223 Å². The maximum Gasteiger partial charge on any atom is 0.573 e. The van der Waals surface area contributed by atoms with Crippen LogP contribution in [-0.4, -0.2) is 79.7 Å². The second-order valence-electron chi connectivity index (χ2n) is 8.96. The predicted octanol–water partition coefficient (Wildman–Crippen LogP) is 4.31. The van der Waals surface area contributed by atoms with E-state index in [0.29, 0.717) is 51.0 Å². The smallest absolute Gasteiger partial charge is 0.406 e. The van der Waals surface area contributed by atoms with Crippen LogP contribution in [0.25, 0.3) is 0 Å². The lowest BCUT2D eigenvalue weighted by molar-refractivity contribution is -0.274. The molecule has 2 fully saturated rings. The van der Waals surface area contributed by atoms with E-state index in [9.17, 15) is 18.0 Å². The zero-order valence-corrected chi connectivity index (χ0v) is 21.0. The number of aromatic nitrogens is 2. The summed E-state index contributed by atoms with van der Waals surface area (Å²) >= 11 is 0. The minimum atomic E-state index is -4.77. The molecule has 1 aromatic heterocycles. The van der Waals surface area contributed by atoms with Gasteiger partial charge in [0.25, 0.3) is 0 Å². The normalized spacial score (nSPS) is 16.1. The largest absolute Gasteiger partial charge is 0.573 e. The summed E-state index contributed by atoms with van der Waals surface area (Å²) < 4.78 is 46.3. The van der Waals surface area contributed by atoms with Gasteiger partial charge in [-0.05, 0) is 42.5 Å². The number of benzene rings is 2. The Morgan fingerprint density at radius 1 is 0.897 bits per heavy atom. The van der Waals surface area contributed by atoms with Crippen LogP contribution >= 0.6 is 0 Å². The van der Waals surface area contributed by atoms with Crippen molar-refractivity contribution in [1.82, 2.24) is 14.9 Å². The van der Waals surface area contributed by atoms with Crippen molar-refractivity contribution in [1.29, 1.82) is 0 Å². The molecule has 10 nitrogen and oxygen atoms in total. The number of alkyl halides is 3. The highest BCUT2D eigenvalue weighted by atomic mass is 19.4. The Kier molecular flexibility index (Phi) is 7.87. The molecule has 5 rings (SSSR count). The van der Waals surface area contributed by atoms with Gasteiger partial charge in [0.05, 0.1) is 24.6 Å². The van der Waals surface area contributed by atoms with Gasteiger partial charge in [-0.2, -0.15) is 4.98 Å². The third-order valence-electron chi connectivity index (χ3n) is 6.37. The highest BCUT2D eigenvalue weighted by Crippen LogP contribution is 2.29. The van der Waals surface area contributed by atoms with E-state index in [2.05, 4.69) is 36.2 Å². The van der Waals surface area contributed by atoms with Crippen molar-refractivity contribution < 1.29 is 27.4 Å². The Morgan fingerprint density at radius 2 is 1.62 bits per heavy atom. The van der Waals surface area contributed by atoms with Gasteiger partial charge >= 0.3 is 12.4 Å². The Hall–Kier alpha value is -4.26. The lowest BCUT2D eigenvalue weighted by Crippen LogP contribution is -2.50. The predicted molar refractivity (Wildman–Crippen MR) is 141 cm³/mol. The minimum Gasteiger partial charge on any atom is -0.406 e. The summed E-state index contributed by atoms with van der Waals surface area (Å²) in [6.07, 6.45) is -3.06. The summed E-state index contributed by atoms with van der Waals surface area (Å²) in [6.45, 7) is 5.03. The quantitative estimate of drug-likeness (QED) is 0.475. The summed E-state index contributed by atoms with van der Waals surface area (Å²) in [5.41, 5.74) is 2.36. The van der Waals surface area contributed by atoms with Gasteiger partial charge in [-0.3, -0.25) is 0 Å². The van der Waals surface area contributed by atoms with E-state index in [1.54, 1.807) is 11.1 Å². The molecule has 3 heterocycles. The molecule has 13 heteroatoms. The van der Waals surface area contributed by atoms with Crippen molar-refractivity contribution in [3.8, 4) is 5.75 Å².